The maximum Gasteiger partial charge on any atom is 0.205 e. The number of imidazole rings is 1. The van der Waals surface area contributed by atoms with E-state index in [9.17, 15) is 8.78 Å². The van der Waals surface area contributed by atoms with Crippen molar-refractivity contribution in [1.29, 1.82) is 0 Å². The van der Waals surface area contributed by atoms with E-state index in [1.807, 2.05) is 10.8 Å². The van der Waals surface area contributed by atoms with Crippen molar-refractivity contribution < 1.29 is 8.78 Å². The Bertz CT molecular complexity index is 631. The molecule has 3 aromatic rings. The molecule has 7 heteroatoms. The number of rotatable bonds is 2. The number of nitrogens with zero attached hydrogens (tertiary/aromatic N) is 1. The molecule has 0 atom stereocenters. The van der Waals surface area contributed by atoms with Crippen molar-refractivity contribution in [2.75, 3.05) is 5.32 Å². The Kier molecular flexibility index (Phi) is 3.49. The largest absolute Gasteiger partial charge is 0.323 e. The smallest absolute Gasteiger partial charge is 0.205 e. The average molecular weight is 288 g/mol. The number of aromatic amines is 1. The van der Waals surface area contributed by atoms with Crippen LogP contribution in [0.3, 0.4) is 0 Å². The summed E-state index contributed by atoms with van der Waals surface area (Å²) >= 11 is 1.51. The Balaban J connectivity index is 0.00000120. The molecular weight excluding hydrogens is 280 g/mol. The zero-order valence-electron chi connectivity index (χ0n) is 8.91. The van der Waals surface area contributed by atoms with Gasteiger partial charge in [0, 0.05) is 10.8 Å². The Morgan fingerprint density at radius 2 is 1.89 bits per heavy atom. The second kappa shape index (κ2) is 4.91. The van der Waals surface area contributed by atoms with Gasteiger partial charge >= 0.3 is 0 Å². The van der Waals surface area contributed by atoms with Crippen LogP contribution in [-0.4, -0.2) is 9.97 Å². The van der Waals surface area contributed by atoms with Crippen LogP contribution in [0.2, 0.25) is 0 Å². The zero-order chi connectivity index (χ0) is 11.8. The number of nitrogens with one attached hydrogen (secondary N) is 2. The Labute approximate surface area is 111 Å². The first kappa shape index (κ1) is 12.8. The molecule has 0 saturated heterocycles. The summed E-state index contributed by atoms with van der Waals surface area (Å²) in [5.74, 6) is -0.973. The van der Waals surface area contributed by atoms with Crippen molar-refractivity contribution in [2.24, 2.45) is 0 Å². The first-order valence-corrected chi connectivity index (χ1v) is 5.81. The summed E-state index contributed by atoms with van der Waals surface area (Å²) < 4.78 is 26.8. The molecule has 1 aromatic carbocycles. The lowest BCUT2D eigenvalue weighted by molar-refractivity contribution is 0.590. The maximum atomic E-state index is 13.4. The topological polar surface area (TPSA) is 40.7 Å². The van der Waals surface area contributed by atoms with E-state index < -0.39 is 11.6 Å². The van der Waals surface area contributed by atoms with E-state index in [4.69, 9.17) is 0 Å². The molecule has 0 bridgehead atoms. The molecule has 2 aromatic heterocycles. The molecule has 0 spiro atoms. The predicted octanol–water partition coefficient (Wildman–Crippen LogP) is 4.07. The Morgan fingerprint density at radius 3 is 2.56 bits per heavy atom. The number of hydrogen-bond acceptors (Lipinski definition) is 3. The highest BCUT2D eigenvalue weighted by Crippen LogP contribution is 2.24. The summed E-state index contributed by atoms with van der Waals surface area (Å²) in [6.45, 7) is 0. The van der Waals surface area contributed by atoms with Crippen LogP contribution < -0.4 is 5.32 Å². The number of hydrogen-bond donors (Lipinski definition) is 2. The number of thiophene rings is 1. The number of aromatic nitrogens is 2. The molecule has 0 aliphatic heterocycles. The number of halogens is 3. The molecule has 3 nitrogen and oxygen atoms in total. The molecular formula is C11H8ClF2N3S. The molecule has 0 aliphatic carbocycles. The van der Waals surface area contributed by atoms with Crippen molar-refractivity contribution in [3.63, 3.8) is 0 Å². The van der Waals surface area contributed by atoms with Gasteiger partial charge in [-0.25, -0.2) is 13.8 Å². The summed E-state index contributed by atoms with van der Waals surface area (Å²) in [6.07, 6.45) is 0. The van der Waals surface area contributed by atoms with Crippen LogP contribution >= 0.6 is 23.7 Å². The van der Waals surface area contributed by atoms with Gasteiger partial charge in [0.15, 0.2) is 0 Å². The van der Waals surface area contributed by atoms with E-state index >= 15 is 0 Å². The molecule has 0 saturated carbocycles. The van der Waals surface area contributed by atoms with Crippen molar-refractivity contribution >= 4 is 46.4 Å². The highest BCUT2D eigenvalue weighted by molar-refractivity contribution is 7.09. The van der Waals surface area contributed by atoms with Gasteiger partial charge in [0.05, 0.1) is 5.52 Å². The van der Waals surface area contributed by atoms with Crippen molar-refractivity contribution in [2.45, 2.75) is 0 Å². The van der Waals surface area contributed by atoms with Crippen molar-refractivity contribution in [1.82, 2.24) is 9.97 Å². The summed E-state index contributed by atoms with van der Waals surface area (Å²) in [4.78, 5) is 7.09. The minimum atomic E-state index is -0.649. The second-order valence-electron chi connectivity index (χ2n) is 3.48. The lowest BCUT2D eigenvalue weighted by Crippen LogP contribution is -1.98. The molecule has 94 valence electrons. The minimum absolute atomic E-state index is 0. The fourth-order valence-electron chi connectivity index (χ4n) is 1.54. The third-order valence-electron chi connectivity index (χ3n) is 2.33. The Hall–Kier alpha value is -1.66. The molecule has 0 unspecified atom stereocenters. The number of benzene rings is 1. The van der Waals surface area contributed by atoms with Gasteiger partial charge in [-0.1, -0.05) is 6.07 Å². The lowest BCUT2D eigenvalue weighted by atomic mass is 10.3. The van der Waals surface area contributed by atoms with Crippen LogP contribution in [0.4, 0.5) is 20.4 Å². The van der Waals surface area contributed by atoms with E-state index in [2.05, 4.69) is 15.3 Å². The highest BCUT2D eigenvalue weighted by atomic mass is 35.5. The summed E-state index contributed by atoms with van der Waals surface area (Å²) in [6, 6.07) is 3.70. The number of anilines is 2. The van der Waals surface area contributed by atoms with Crippen LogP contribution in [0.5, 0.6) is 0 Å². The van der Waals surface area contributed by atoms with Crippen LogP contribution in [-0.2, 0) is 0 Å². The van der Waals surface area contributed by atoms with Crippen LogP contribution in [0.15, 0.2) is 29.0 Å². The lowest BCUT2D eigenvalue weighted by Gasteiger charge is -2.04. The average Bonchev–Trinajstić information content (AvgIpc) is 2.83. The van der Waals surface area contributed by atoms with Gasteiger partial charge in [-0.05, 0) is 12.1 Å². The van der Waals surface area contributed by atoms with Gasteiger partial charge in [-0.15, -0.1) is 23.7 Å². The summed E-state index contributed by atoms with van der Waals surface area (Å²) in [5.41, 5.74) is 1.41. The fraction of sp³-hybridized carbons (Fsp3) is 0. The van der Waals surface area contributed by atoms with Gasteiger partial charge in [-0.2, -0.15) is 0 Å². The van der Waals surface area contributed by atoms with Gasteiger partial charge in [-0.3, -0.25) is 0 Å². The van der Waals surface area contributed by atoms with E-state index in [1.165, 1.54) is 29.5 Å². The summed E-state index contributed by atoms with van der Waals surface area (Å²) in [7, 11) is 0. The predicted molar refractivity (Wildman–Crippen MR) is 70.9 cm³/mol. The van der Waals surface area contributed by atoms with E-state index in [-0.39, 0.29) is 18.1 Å². The first-order chi connectivity index (χ1) is 8.24. The third kappa shape index (κ3) is 2.16. The zero-order valence-corrected chi connectivity index (χ0v) is 10.5. The first-order valence-electron chi connectivity index (χ1n) is 4.87. The number of H-pyrrole nitrogens is 1. The highest BCUT2D eigenvalue weighted by Gasteiger charge is 2.10. The monoisotopic (exact) mass is 287 g/mol. The standard InChI is InChI=1S/C11H7F2N3S.ClH/c12-6-2-1-3-7(13)10(6)16-11-14-8-4-17-5-9(8)15-11;/h1-5H,(H2,14,15,16);1H. The van der Waals surface area contributed by atoms with Gasteiger partial charge in [0.1, 0.15) is 22.8 Å². The minimum Gasteiger partial charge on any atom is -0.323 e. The van der Waals surface area contributed by atoms with Gasteiger partial charge in [0.2, 0.25) is 5.95 Å². The van der Waals surface area contributed by atoms with Crippen LogP contribution in [0.25, 0.3) is 11.0 Å². The Morgan fingerprint density at radius 1 is 1.17 bits per heavy atom. The van der Waals surface area contributed by atoms with E-state index in [1.54, 1.807) is 0 Å². The molecule has 2 N–H and O–H groups in total. The van der Waals surface area contributed by atoms with E-state index in [0.717, 1.165) is 11.0 Å². The molecule has 0 aliphatic rings. The second-order valence-corrected chi connectivity index (χ2v) is 4.22. The number of para-hydroxylation sites is 1. The fourth-order valence-corrected chi connectivity index (χ4v) is 2.23. The maximum absolute atomic E-state index is 13.4. The molecule has 0 amide bonds. The van der Waals surface area contributed by atoms with E-state index in [0.29, 0.717) is 5.95 Å². The van der Waals surface area contributed by atoms with Crippen LogP contribution in [0.1, 0.15) is 0 Å². The van der Waals surface area contributed by atoms with Crippen molar-refractivity contribution in [3.05, 3.63) is 40.6 Å². The molecule has 0 fully saturated rings. The molecule has 0 radical (unpaired) electrons. The number of fused-ring (bicyclic) bond motifs is 1. The normalized spacial score (nSPS) is 10.3. The molecule has 2 heterocycles. The van der Waals surface area contributed by atoms with Gasteiger partial charge in [0.25, 0.3) is 0 Å². The summed E-state index contributed by atoms with van der Waals surface area (Å²) in [5, 5.41) is 6.34. The molecule has 3 rings (SSSR count). The SMILES string of the molecule is Cl.Fc1cccc(F)c1Nc1nc2cscc2[nH]1. The van der Waals surface area contributed by atoms with Crippen molar-refractivity contribution in [3.8, 4) is 0 Å². The molecule has 18 heavy (non-hydrogen) atoms. The quantitative estimate of drug-likeness (QED) is 0.746. The van der Waals surface area contributed by atoms with Gasteiger partial charge < -0.3 is 10.3 Å². The third-order valence-corrected chi connectivity index (χ3v) is 3.06. The van der Waals surface area contributed by atoms with Crippen LogP contribution in [0, 0.1) is 11.6 Å².